The van der Waals surface area contributed by atoms with Crippen LogP contribution in [0.25, 0.3) is 0 Å². The third-order valence-electron chi connectivity index (χ3n) is 4.11. The van der Waals surface area contributed by atoms with E-state index in [9.17, 15) is 4.39 Å². The second-order valence-corrected chi connectivity index (χ2v) is 6.59. The molecule has 0 amide bonds. The molecule has 0 aliphatic carbocycles. The fourth-order valence-corrected chi connectivity index (χ4v) is 2.86. The first-order valence-electron chi connectivity index (χ1n) is 9.12. The van der Waals surface area contributed by atoms with Crippen LogP contribution in [0.5, 0.6) is 11.5 Å². The number of nitrogens with one attached hydrogen (secondary N) is 1. The molecule has 0 unspecified atom stereocenters. The summed E-state index contributed by atoms with van der Waals surface area (Å²) in [5.41, 5.74) is 2.91. The molecule has 3 rings (SSSR count). The van der Waals surface area contributed by atoms with Gasteiger partial charge in [0.1, 0.15) is 17.4 Å². The van der Waals surface area contributed by atoms with E-state index in [1.54, 1.807) is 12.1 Å². The molecular formula is C23H22FNO2S. The summed E-state index contributed by atoms with van der Waals surface area (Å²) in [5.74, 6) is 0.992. The Balaban J connectivity index is 1.67. The summed E-state index contributed by atoms with van der Waals surface area (Å²) in [5, 5.41) is 3.27. The third kappa shape index (κ3) is 5.54. The second kappa shape index (κ2) is 9.85. The lowest BCUT2D eigenvalue weighted by atomic mass is 10.1. The molecule has 0 fully saturated rings. The smallest absolute Gasteiger partial charge is 0.161 e. The molecule has 0 saturated heterocycles. The molecule has 28 heavy (non-hydrogen) atoms. The Labute approximate surface area is 170 Å². The molecule has 144 valence electrons. The zero-order valence-electron chi connectivity index (χ0n) is 15.7. The molecule has 0 bridgehead atoms. The first-order chi connectivity index (χ1) is 13.7. The van der Waals surface area contributed by atoms with Gasteiger partial charge in [-0.1, -0.05) is 54.7 Å². The van der Waals surface area contributed by atoms with Gasteiger partial charge in [0.15, 0.2) is 11.5 Å². The quantitative estimate of drug-likeness (QED) is 0.527. The van der Waals surface area contributed by atoms with Crippen molar-refractivity contribution in [2.24, 2.45) is 0 Å². The monoisotopic (exact) mass is 395 g/mol. The SMILES string of the molecule is CCOc1cc(C(=S)NCc2ccccc2)ccc1OCc1ccc(F)cc1. The van der Waals surface area contributed by atoms with Gasteiger partial charge in [-0.3, -0.25) is 0 Å². The molecule has 0 radical (unpaired) electrons. The van der Waals surface area contributed by atoms with Gasteiger partial charge in [0.2, 0.25) is 0 Å². The fourth-order valence-electron chi connectivity index (χ4n) is 2.66. The maximum atomic E-state index is 13.0. The number of rotatable bonds is 8. The number of hydrogen-bond acceptors (Lipinski definition) is 3. The number of halogens is 1. The lowest BCUT2D eigenvalue weighted by molar-refractivity contribution is 0.269. The van der Waals surface area contributed by atoms with Crippen LogP contribution in [0.1, 0.15) is 23.6 Å². The zero-order chi connectivity index (χ0) is 19.8. The van der Waals surface area contributed by atoms with Crippen molar-refractivity contribution in [2.45, 2.75) is 20.1 Å². The summed E-state index contributed by atoms with van der Waals surface area (Å²) in [6, 6.07) is 22.0. The van der Waals surface area contributed by atoms with E-state index in [0.717, 1.165) is 16.7 Å². The van der Waals surface area contributed by atoms with Gasteiger partial charge in [0, 0.05) is 12.1 Å². The molecule has 0 saturated carbocycles. The highest BCUT2D eigenvalue weighted by atomic mass is 32.1. The normalized spacial score (nSPS) is 10.4. The summed E-state index contributed by atoms with van der Waals surface area (Å²) in [6.45, 7) is 3.42. The topological polar surface area (TPSA) is 30.5 Å². The molecule has 3 aromatic carbocycles. The van der Waals surface area contributed by atoms with Crippen molar-refractivity contribution < 1.29 is 13.9 Å². The van der Waals surface area contributed by atoms with Crippen LogP contribution >= 0.6 is 12.2 Å². The van der Waals surface area contributed by atoms with E-state index >= 15 is 0 Å². The van der Waals surface area contributed by atoms with Crippen LogP contribution in [0.15, 0.2) is 72.8 Å². The molecule has 3 nitrogen and oxygen atoms in total. The van der Waals surface area contributed by atoms with Crippen LogP contribution in [-0.2, 0) is 13.2 Å². The minimum absolute atomic E-state index is 0.264. The number of hydrogen-bond donors (Lipinski definition) is 1. The largest absolute Gasteiger partial charge is 0.490 e. The highest BCUT2D eigenvalue weighted by Crippen LogP contribution is 2.29. The number of thiocarbonyl (C=S) groups is 1. The maximum absolute atomic E-state index is 13.0. The fraction of sp³-hybridized carbons (Fsp3) is 0.174. The third-order valence-corrected chi connectivity index (χ3v) is 4.49. The summed E-state index contributed by atoms with van der Waals surface area (Å²) in [4.78, 5) is 0.648. The average Bonchev–Trinajstić information content (AvgIpc) is 2.73. The van der Waals surface area contributed by atoms with E-state index in [1.807, 2.05) is 55.5 Å². The van der Waals surface area contributed by atoms with E-state index in [-0.39, 0.29) is 5.82 Å². The van der Waals surface area contributed by atoms with Gasteiger partial charge in [-0.25, -0.2) is 4.39 Å². The van der Waals surface area contributed by atoms with Gasteiger partial charge < -0.3 is 14.8 Å². The highest BCUT2D eigenvalue weighted by Gasteiger charge is 2.10. The lowest BCUT2D eigenvalue weighted by Crippen LogP contribution is -2.21. The van der Waals surface area contributed by atoms with Gasteiger partial charge in [-0.05, 0) is 48.4 Å². The van der Waals surface area contributed by atoms with Crippen molar-refractivity contribution in [2.75, 3.05) is 6.61 Å². The summed E-state index contributed by atoms with van der Waals surface area (Å²) in [7, 11) is 0. The lowest BCUT2D eigenvalue weighted by Gasteiger charge is -2.15. The molecule has 0 aromatic heterocycles. The van der Waals surface area contributed by atoms with Crippen LogP contribution in [-0.4, -0.2) is 11.6 Å². The maximum Gasteiger partial charge on any atom is 0.161 e. The highest BCUT2D eigenvalue weighted by molar-refractivity contribution is 7.80. The molecule has 0 atom stereocenters. The van der Waals surface area contributed by atoms with Crippen molar-refractivity contribution >= 4 is 17.2 Å². The van der Waals surface area contributed by atoms with Crippen LogP contribution < -0.4 is 14.8 Å². The Bertz CT molecular complexity index is 914. The molecule has 5 heteroatoms. The first-order valence-corrected chi connectivity index (χ1v) is 9.52. The van der Waals surface area contributed by atoms with Gasteiger partial charge in [-0.15, -0.1) is 0 Å². The molecule has 0 spiro atoms. The van der Waals surface area contributed by atoms with Crippen LogP contribution in [0.3, 0.4) is 0 Å². The molecule has 3 aromatic rings. The van der Waals surface area contributed by atoms with Crippen molar-refractivity contribution in [1.82, 2.24) is 5.32 Å². The second-order valence-electron chi connectivity index (χ2n) is 6.18. The average molecular weight is 395 g/mol. The molecule has 0 aliphatic heterocycles. The molecular weight excluding hydrogens is 373 g/mol. The van der Waals surface area contributed by atoms with Gasteiger partial charge in [0.05, 0.1) is 6.61 Å². The predicted molar refractivity (Wildman–Crippen MR) is 113 cm³/mol. The first kappa shape index (κ1) is 19.8. The Morgan fingerprint density at radius 2 is 1.64 bits per heavy atom. The summed E-state index contributed by atoms with van der Waals surface area (Å²) in [6.07, 6.45) is 0. The van der Waals surface area contributed by atoms with Crippen molar-refractivity contribution in [3.05, 3.63) is 95.3 Å². The van der Waals surface area contributed by atoms with Crippen molar-refractivity contribution in [3.8, 4) is 11.5 Å². The Kier molecular flexibility index (Phi) is 6.98. The van der Waals surface area contributed by atoms with E-state index in [1.165, 1.54) is 12.1 Å². The molecule has 0 aliphatic rings. The summed E-state index contributed by atoms with van der Waals surface area (Å²) >= 11 is 5.52. The zero-order valence-corrected chi connectivity index (χ0v) is 16.5. The van der Waals surface area contributed by atoms with E-state index in [4.69, 9.17) is 21.7 Å². The Morgan fingerprint density at radius 1 is 0.893 bits per heavy atom. The van der Waals surface area contributed by atoms with Crippen molar-refractivity contribution in [3.63, 3.8) is 0 Å². The van der Waals surface area contributed by atoms with Crippen molar-refractivity contribution in [1.29, 1.82) is 0 Å². The van der Waals surface area contributed by atoms with E-state index in [0.29, 0.717) is 36.2 Å². The standard InChI is InChI=1S/C23H22FNO2S/c1-2-26-22-14-19(23(28)25-15-17-6-4-3-5-7-17)10-13-21(22)27-16-18-8-11-20(24)12-9-18/h3-14H,2,15-16H2,1H3,(H,25,28). The number of ether oxygens (including phenoxy) is 2. The van der Waals surface area contributed by atoms with Gasteiger partial charge >= 0.3 is 0 Å². The predicted octanol–water partition coefficient (Wildman–Crippen LogP) is 5.27. The minimum atomic E-state index is -0.264. The van der Waals surface area contributed by atoms with Crippen LogP contribution in [0.4, 0.5) is 4.39 Å². The molecule has 0 heterocycles. The van der Waals surface area contributed by atoms with Crippen LogP contribution in [0, 0.1) is 5.82 Å². The van der Waals surface area contributed by atoms with Crippen LogP contribution in [0.2, 0.25) is 0 Å². The molecule has 1 N–H and O–H groups in total. The summed E-state index contributed by atoms with van der Waals surface area (Å²) < 4.78 is 24.6. The minimum Gasteiger partial charge on any atom is -0.490 e. The Morgan fingerprint density at radius 3 is 2.36 bits per heavy atom. The Hall–Kier alpha value is -2.92. The van der Waals surface area contributed by atoms with E-state index in [2.05, 4.69) is 5.32 Å². The number of benzene rings is 3. The van der Waals surface area contributed by atoms with Gasteiger partial charge in [0.25, 0.3) is 0 Å². The van der Waals surface area contributed by atoms with Gasteiger partial charge in [-0.2, -0.15) is 0 Å². The van der Waals surface area contributed by atoms with E-state index < -0.39 is 0 Å².